The van der Waals surface area contributed by atoms with Crippen LogP contribution in [0.5, 0.6) is 0 Å². The average Bonchev–Trinajstić information content (AvgIpc) is 2.29. The van der Waals surface area contributed by atoms with Crippen LogP contribution in [0.25, 0.3) is 0 Å². The second-order valence-electron chi connectivity index (χ2n) is 3.78. The smallest absolute Gasteiger partial charge is 0.253 e. The summed E-state index contributed by atoms with van der Waals surface area (Å²) in [7, 11) is -1.94. The molecule has 5 nitrogen and oxygen atoms in total. The Hall–Kier alpha value is -1.11. The lowest BCUT2D eigenvalue weighted by molar-refractivity contribution is -0.124. The lowest BCUT2D eigenvalue weighted by Crippen LogP contribution is -2.26. The Bertz CT molecular complexity index is 556. The molecule has 1 aromatic rings. The molecular formula is C11H14ClNO4S. The number of sulfone groups is 1. The van der Waals surface area contributed by atoms with Crippen molar-refractivity contribution in [2.45, 2.75) is 17.9 Å². The van der Waals surface area contributed by atoms with E-state index in [9.17, 15) is 13.2 Å². The molecule has 0 aliphatic heterocycles. The maximum Gasteiger partial charge on any atom is 0.253 e. The number of benzene rings is 1. The van der Waals surface area contributed by atoms with Crippen molar-refractivity contribution >= 4 is 33.0 Å². The lowest BCUT2D eigenvalue weighted by Gasteiger charge is -2.12. The van der Waals surface area contributed by atoms with E-state index in [1.165, 1.54) is 25.3 Å². The standard InChI is InChI=1S/C11H14ClNO4S/c1-7(17-2)11(14)13-10-6-8(18(3,15)16)4-5-9(10)12/h4-7H,1-3H3,(H,13,14). The van der Waals surface area contributed by atoms with Gasteiger partial charge in [0.1, 0.15) is 6.10 Å². The van der Waals surface area contributed by atoms with Crippen LogP contribution < -0.4 is 5.32 Å². The largest absolute Gasteiger partial charge is 0.372 e. The molecule has 0 aliphatic carbocycles. The van der Waals surface area contributed by atoms with Crippen LogP contribution in [0.15, 0.2) is 23.1 Å². The number of ether oxygens (including phenoxy) is 1. The predicted octanol–water partition coefficient (Wildman–Crippen LogP) is 1.72. The Morgan fingerprint density at radius 1 is 1.44 bits per heavy atom. The topological polar surface area (TPSA) is 72.5 Å². The van der Waals surface area contributed by atoms with Crippen LogP contribution in [-0.2, 0) is 19.4 Å². The molecule has 0 heterocycles. The minimum atomic E-state index is -3.34. The number of hydrogen-bond donors (Lipinski definition) is 1. The van der Waals surface area contributed by atoms with Crippen molar-refractivity contribution < 1.29 is 17.9 Å². The van der Waals surface area contributed by atoms with Gasteiger partial charge in [-0.05, 0) is 25.1 Å². The molecule has 0 saturated heterocycles. The number of halogens is 1. The number of amides is 1. The van der Waals surface area contributed by atoms with Crippen molar-refractivity contribution in [3.63, 3.8) is 0 Å². The molecule has 7 heteroatoms. The summed E-state index contributed by atoms with van der Waals surface area (Å²) in [4.78, 5) is 11.7. The molecule has 18 heavy (non-hydrogen) atoms. The summed E-state index contributed by atoms with van der Waals surface area (Å²) in [6, 6.07) is 4.12. The van der Waals surface area contributed by atoms with Crippen LogP contribution in [0.2, 0.25) is 5.02 Å². The van der Waals surface area contributed by atoms with Gasteiger partial charge in [-0.25, -0.2) is 8.42 Å². The lowest BCUT2D eigenvalue weighted by atomic mass is 10.3. The summed E-state index contributed by atoms with van der Waals surface area (Å²) in [6.45, 7) is 1.57. The van der Waals surface area contributed by atoms with Gasteiger partial charge in [-0.15, -0.1) is 0 Å². The minimum absolute atomic E-state index is 0.0901. The quantitative estimate of drug-likeness (QED) is 0.917. The number of hydrogen-bond acceptors (Lipinski definition) is 4. The fourth-order valence-corrected chi connectivity index (χ4v) is 1.98. The van der Waals surface area contributed by atoms with Crippen molar-refractivity contribution in [3.05, 3.63) is 23.2 Å². The van der Waals surface area contributed by atoms with Crippen LogP contribution in [0, 0.1) is 0 Å². The summed E-state index contributed by atoms with van der Waals surface area (Å²) in [6.07, 6.45) is 0.433. The third kappa shape index (κ3) is 3.69. The van der Waals surface area contributed by atoms with E-state index < -0.39 is 21.8 Å². The van der Waals surface area contributed by atoms with Crippen LogP contribution >= 0.6 is 11.6 Å². The molecular weight excluding hydrogens is 278 g/mol. The molecule has 100 valence electrons. The van der Waals surface area contributed by atoms with Crippen molar-refractivity contribution in [2.75, 3.05) is 18.7 Å². The van der Waals surface area contributed by atoms with Crippen LogP contribution in [0.3, 0.4) is 0 Å². The van der Waals surface area contributed by atoms with E-state index in [4.69, 9.17) is 16.3 Å². The van der Waals surface area contributed by atoms with Gasteiger partial charge in [0, 0.05) is 13.4 Å². The maximum atomic E-state index is 11.6. The summed E-state index contributed by atoms with van der Waals surface area (Å²) in [5, 5.41) is 2.78. The van der Waals surface area contributed by atoms with E-state index >= 15 is 0 Å². The summed E-state index contributed by atoms with van der Waals surface area (Å²) >= 11 is 5.89. The summed E-state index contributed by atoms with van der Waals surface area (Å²) in [5.74, 6) is -0.398. The molecule has 0 aromatic heterocycles. The van der Waals surface area contributed by atoms with Gasteiger partial charge in [0.2, 0.25) is 0 Å². The normalized spacial score (nSPS) is 13.1. The monoisotopic (exact) mass is 291 g/mol. The summed E-state index contributed by atoms with van der Waals surface area (Å²) < 4.78 is 27.6. The highest BCUT2D eigenvalue weighted by molar-refractivity contribution is 7.90. The Morgan fingerprint density at radius 2 is 2.06 bits per heavy atom. The number of rotatable bonds is 4. The zero-order valence-corrected chi connectivity index (χ0v) is 11.8. The fraction of sp³-hybridized carbons (Fsp3) is 0.364. The molecule has 1 unspecified atom stereocenters. The van der Waals surface area contributed by atoms with Crippen molar-refractivity contribution in [2.24, 2.45) is 0 Å². The number of carbonyl (C=O) groups excluding carboxylic acids is 1. The molecule has 1 rings (SSSR count). The number of nitrogens with one attached hydrogen (secondary N) is 1. The second kappa shape index (κ2) is 5.69. The first-order valence-electron chi connectivity index (χ1n) is 5.09. The van der Waals surface area contributed by atoms with E-state index in [1.807, 2.05) is 0 Å². The zero-order valence-electron chi connectivity index (χ0n) is 10.2. The first kappa shape index (κ1) is 14.9. The predicted molar refractivity (Wildman–Crippen MR) is 69.7 cm³/mol. The van der Waals surface area contributed by atoms with Gasteiger partial charge in [-0.2, -0.15) is 0 Å². The Balaban J connectivity index is 3.06. The van der Waals surface area contributed by atoms with E-state index in [1.54, 1.807) is 6.92 Å². The SMILES string of the molecule is COC(C)C(=O)Nc1cc(S(C)(=O)=O)ccc1Cl. The summed E-state index contributed by atoms with van der Waals surface area (Å²) in [5.41, 5.74) is 0.244. The third-order valence-electron chi connectivity index (χ3n) is 2.35. The Kier molecular flexibility index (Phi) is 4.72. The number of anilines is 1. The fourth-order valence-electron chi connectivity index (χ4n) is 1.17. The maximum absolute atomic E-state index is 11.6. The average molecular weight is 292 g/mol. The van der Waals surface area contributed by atoms with Gasteiger partial charge in [0.25, 0.3) is 5.91 Å². The van der Waals surface area contributed by atoms with Gasteiger partial charge in [0.05, 0.1) is 15.6 Å². The molecule has 0 spiro atoms. The minimum Gasteiger partial charge on any atom is -0.372 e. The molecule has 1 atom stereocenters. The molecule has 1 amide bonds. The first-order valence-corrected chi connectivity index (χ1v) is 7.36. The van der Waals surface area contributed by atoms with E-state index in [0.717, 1.165) is 6.26 Å². The molecule has 1 N–H and O–H groups in total. The van der Waals surface area contributed by atoms with Crippen molar-refractivity contribution in [1.29, 1.82) is 0 Å². The van der Waals surface area contributed by atoms with Gasteiger partial charge < -0.3 is 10.1 Å². The van der Waals surface area contributed by atoms with E-state index in [2.05, 4.69) is 5.32 Å². The molecule has 0 bridgehead atoms. The number of carbonyl (C=O) groups is 1. The van der Waals surface area contributed by atoms with Crippen molar-refractivity contribution in [1.82, 2.24) is 0 Å². The highest BCUT2D eigenvalue weighted by Crippen LogP contribution is 2.25. The van der Waals surface area contributed by atoms with Gasteiger partial charge in [0.15, 0.2) is 9.84 Å². The van der Waals surface area contributed by atoms with Crippen LogP contribution in [-0.4, -0.2) is 33.8 Å². The van der Waals surface area contributed by atoms with Crippen LogP contribution in [0.4, 0.5) is 5.69 Å². The van der Waals surface area contributed by atoms with E-state index in [-0.39, 0.29) is 15.6 Å². The second-order valence-corrected chi connectivity index (χ2v) is 6.20. The molecule has 1 aromatic carbocycles. The number of methoxy groups -OCH3 is 1. The van der Waals surface area contributed by atoms with E-state index in [0.29, 0.717) is 0 Å². The zero-order chi connectivity index (χ0) is 13.9. The van der Waals surface area contributed by atoms with Gasteiger partial charge in [-0.1, -0.05) is 11.6 Å². The van der Waals surface area contributed by atoms with Crippen molar-refractivity contribution in [3.8, 4) is 0 Å². The first-order chi connectivity index (χ1) is 8.25. The van der Waals surface area contributed by atoms with Gasteiger partial charge >= 0.3 is 0 Å². The molecule has 0 fully saturated rings. The van der Waals surface area contributed by atoms with Crippen LogP contribution in [0.1, 0.15) is 6.92 Å². The Labute approximate surface area is 111 Å². The highest BCUT2D eigenvalue weighted by atomic mass is 35.5. The highest BCUT2D eigenvalue weighted by Gasteiger charge is 2.15. The third-order valence-corrected chi connectivity index (χ3v) is 3.79. The molecule has 0 radical (unpaired) electrons. The van der Waals surface area contributed by atoms with Gasteiger partial charge in [-0.3, -0.25) is 4.79 Å². The Morgan fingerprint density at radius 3 is 2.56 bits per heavy atom. The molecule has 0 aliphatic rings. The molecule has 0 saturated carbocycles.